The summed E-state index contributed by atoms with van der Waals surface area (Å²) in [6.45, 7) is 3.67. The van der Waals surface area contributed by atoms with E-state index in [1.165, 1.54) is 21.3 Å². The molecule has 1 aliphatic carbocycles. The van der Waals surface area contributed by atoms with Crippen molar-refractivity contribution >= 4 is 11.6 Å². The fraction of sp³-hybridized carbons (Fsp3) is 0.444. The summed E-state index contributed by atoms with van der Waals surface area (Å²) in [6, 6.07) is 1.56. The first-order chi connectivity index (χ1) is 11.4. The summed E-state index contributed by atoms with van der Waals surface area (Å²) in [5, 5.41) is 0. The van der Waals surface area contributed by atoms with E-state index in [4.69, 9.17) is 18.9 Å². The van der Waals surface area contributed by atoms with Crippen LogP contribution in [0.15, 0.2) is 17.2 Å². The van der Waals surface area contributed by atoms with Gasteiger partial charge in [0.15, 0.2) is 23.1 Å². The first kappa shape index (κ1) is 16.5. The summed E-state index contributed by atoms with van der Waals surface area (Å²) in [4.78, 5) is 26.2. The van der Waals surface area contributed by atoms with Gasteiger partial charge in [0, 0.05) is 23.6 Å². The second kappa shape index (κ2) is 5.94. The highest BCUT2D eigenvalue weighted by Crippen LogP contribution is 2.46. The van der Waals surface area contributed by atoms with Crippen LogP contribution in [0.4, 0.5) is 0 Å². The number of rotatable bonds is 3. The highest BCUT2D eigenvalue weighted by Gasteiger charge is 2.43. The van der Waals surface area contributed by atoms with Crippen molar-refractivity contribution in [1.82, 2.24) is 0 Å². The quantitative estimate of drug-likeness (QED) is 0.847. The van der Waals surface area contributed by atoms with E-state index in [0.717, 1.165) is 0 Å². The van der Waals surface area contributed by atoms with Crippen molar-refractivity contribution in [3.63, 3.8) is 0 Å². The molecule has 0 aromatic heterocycles. The predicted molar refractivity (Wildman–Crippen MR) is 86.4 cm³/mol. The number of hydrogen-bond donors (Lipinski definition) is 0. The smallest absolute Gasteiger partial charge is 0.196 e. The molecule has 2 unspecified atom stereocenters. The number of benzene rings is 1. The molecule has 1 aromatic rings. The number of ether oxygens (including phenoxy) is 4. The van der Waals surface area contributed by atoms with Crippen LogP contribution in [-0.4, -0.2) is 45.1 Å². The van der Waals surface area contributed by atoms with E-state index in [2.05, 4.69) is 0 Å². The molecule has 128 valence electrons. The summed E-state index contributed by atoms with van der Waals surface area (Å²) >= 11 is 0. The second-order valence-electron chi connectivity index (χ2n) is 5.91. The molecule has 2 atom stereocenters. The molecule has 0 saturated heterocycles. The molecule has 24 heavy (non-hydrogen) atoms. The third-order valence-corrected chi connectivity index (χ3v) is 4.49. The van der Waals surface area contributed by atoms with E-state index in [0.29, 0.717) is 29.1 Å². The molecule has 1 aromatic carbocycles. The molecule has 0 amide bonds. The highest BCUT2D eigenvalue weighted by atomic mass is 16.5. The molecule has 0 saturated carbocycles. The Morgan fingerprint density at radius 3 is 2.21 bits per heavy atom. The molecule has 1 heterocycles. The number of fused-ring (bicyclic) bond motifs is 1. The first-order valence-electron chi connectivity index (χ1n) is 7.75. The van der Waals surface area contributed by atoms with Crippen LogP contribution in [0.3, 0.4) is 0 Å². The van der Waals surface area contributed by atoms with Gasteiger partial charge in [-0.05, 0) is 13.8 Å². The number of hydrogen-bond acceptors (Lipinski definition) is 6. The van der Waals surface area contributed by atoms with E-state index in [1.807, 2.05) is 6.92 Å². The van der Waals surface area contributed by atoms with Crippen LogP contribution in [0.2, 0.25) is 0 Å². The molecule has 1 aliphatic heterocycles. The van der Waals surface area contributed by atoms with Gasteiger partial charge in [-0.25, -0.2) is 0 Å². The molecule has 3 rings (SSSR count). The van der Waals surface area contributed by atoms with Gasteiger partial charge in [0.2, 0.25) is 0 Å². The number of ketones is 2. The highest BCUT2D eigenvalue weighted by molar-refractivity contribution is 6.29. The summed E-state index contributed by atoms with van der Waals surface area (Å²) in [5.74, 6) is 0.419. The lowest BCUT2D eigenvalue weighted by molar-refractivity contribution is 0.0148. The average Bonchev–Trinajstić information content (AvgIpc) is 2.56. The van der Waals surface area contributed by atoms with Crippen molar-refractivity contribution in [3.05, 3.63) is 28.3 Å². The molecule has 0 fully saturated rings. The van der Waals surface area contributed by atoms with Gasteiger partial charge in [-0.2, -0.15) is 0 Å². The predicted octanol–water partition coefficient (Wildman–Crippen LogP) is 2.59. The lowest BCUT2D eigenvalue weighted by atomic mass is 9.78. The third-order valence-electron chi connectivity index (χ3n) is 4.49. The maximum absolute atomic E-state index is 13.1. The molecule has 6 nitrogen and oxygen atoms in total. The van der Waals surface area contributed by atoms with Crippen LogP contribution >= 0.6 is 0 Å². The summed E-state index contributed by atoms with van der Waals surface area (Å²) in [5.41, 5.74) is 1.33. The Bertz CT molecular complexity index is 761. The van der Waals surface area contributed by atoms with Crippen LogP contribution in [0, 0.1) is 0 Å². The van der Waals surface area contributed by atoms with E-state index in [1.54, 1.807) is 13.0 Å². The van der Waals surface area contributed by atoms with Crippen molar-refractivity contribution < 1.29 is 28.5 Å². The van der Waals surface area contributed by atoms with Crippen molar-refractivity contribution in [1.29, 1.82) is 0 Å². The third kappa shape index (κ3) is 2.21. The lowest BCUT2D eigenvalue weighted by Crippen LogP contribution is -2.36. The second-order valence-corrected chi connectivity index (χ2v) is 5.91. The lowest BCUT2D eigenvalue weighted by Gasteiger charge is -2.33. The molecular weight excluding hydrogens is 312 g/mol. The number of Topliss-reactive ketones (excluding diaryl/α,β-unsaturated/α-hetero) is 2. The largest absolute Gasteiger partial charge is 0.496 e. The maximum Gasteiger partial charge on any atom is 0.196 e. The van der Waals surface area contributed by atoms with Gasteiger partial charge in [-0.15, -0.1) is 0 Å². The maximum atomic E-state index is 13.1. The van der Waals surface area contributed by atoms with E-state index >= 15 is 0 Å². The summed E-state index contributed by atoms with van der Waals surface area (Å²) in [7, 11) is 4.37. The monoisotopic (exact) mass is 332 g/mol. The Kier molecular flexibility index (Phi) is 4.09. The van der Waals surface area contributed by atoms with Gasteiger partial charge >= 0.3 is 0 Å². The minimum Gasteiger partial charge on any atom is -0.496 e. The summed E-state index contributed by atoms with van der Waals surface area (Å²) in [6.07, 6.45) is -0.173. The minimum absolute atomic E-state index is 0.129. The number of methoxy groups -OCH3 is 3. The van der Waals surface area contributed by atoms with Gasteiger partial charge in [0.25, 0.3) is 0 Å². The zero-order valence-corrected chi connectivity index (χ0v) is 14.4. The van der Waals surface area contributed by atoms with Gasteiger partial charge in [-0.1, -0.05) is 0 Å². The van der Waals surface area contributed by atoms with E-state index < -0.39 is 6.10 Å². The minimum atomic E-state index is -0.439. The Hall–Kier alpha value is -2.34. The zero-order valence-electron chi connectivity index (χ0n) is 14.4. The standard InChI is InChI=1S/C18H20O6/c1-8-6-10-13(9(2)24-8)17(20)14-11(21-3)7-12(22-4)18(23-5)15(14)16(10)19/h7-9H,6H2,1-5H3. The molecule has 2 aliphatic rings. The fourth-order valence-corrected chi connectivity index (χ4v) is 3.50. The molecular formula is C18H20O6. The molecule has 0 spiro atoms. The summed E-state index contributed by atoms with van der Waals surface area (Å²) < 4.78 is 21.8. The van der Waals surface area contributed by atoms with E-state index in [-0.39, 0.29) is 34.5 Å². The van der Waals surface area contributed by atoms with Gasteiger partial charge < -0.3 is 18.9 Å². The van der Waals surface area contributed by atoms with Crippen molar-refractivity contribution in [3.8, 4) is 17.2 Å². The Morgan fingerprint density at radius 2 is 1.62 bits per heavy atom. The van der Waals surface area contributed by atoms with Gasteiger partial charge in [0.1, 0.15) is 5.75 Å². The van der Waals surface area contributed by atoms with Crippen LogP contribution in [-0.2, 0) is 4.74 Å². The van der Waals surface area contributed by atoms with Gasteiger partial charge in [-0.3, -0.25) is 9.59 Å². The normalized spacial score (nSPS) is 22.9. The topological polar surface area (TPSA) is 71.1 Å². The Labute approximate surface area is 140 Å². The SMILES string of the molecule is COc1cc(OC)c2c(c1OC)C(=O)C1=C(C2=O)C(C)OC(C)C1. The first-order valence-corrected chi connectivity index (χ1v) is 7.75. The van der Waals surface area contributed by atoms with Crippen LogP contribution in [0.1, 0.15) is 41.0 Å². The average molecular weight is 332 g/mol. The molecule has 0 bridgehead atoms. The fourth-order valence-electron chi connectivity index (χ4n) is 3.50. The molecule has 0 radical (unpaired) electrons. The number of carbonyl (C=O) groups excluding carboxylic acids is 2. The van der Waals surface area contributed by atoms with Crippen LogP contribution in [0.5, 0.6) is 17.2 Å². The van der Waals surface area contributed by atoms with Gasteiger partial charge in [0.05, 0.1) is 44.7 Å². The zero-order chi connectivity index (χ0) is 17.6. The van der Waals surface area contributed by atoms with Crippen molar-refractivity contribution in [2.24, 2.45) is 0 Å². The number of carbonyl (C=O) groups is 2. The Balaban J connectivity index is 2.32. The van der Waals surface area contributed by atoms with E-state index in [9.17, 15) is 9.59 Å². The van der Waals surface area contributed by atoms with Crippen molar-refractivity contribution in [2.45, 2.75) is 32.5 Å². The van der Waals surface area contributed by atoms with Crippen molar-refractivity contribution in [2.75, 3.05) is 21.3 Å². The molecule has 0 N–H and O–H groups in total. The van der Waals surface area contributed by atoms with Crippen LogP contribution in [0.25, 0.3) is 0 Å². The van der Waals surface area contributed by atoms with Crippen LogP contribution < -0.4 is 14.2 Å². The molecule has 6 heteroatoms. The Morgan fingerprint density at radius 1 is 0.958 bits per heavy atom.